The van der Waals surface area contributed by atoms with Crippen LogP contribution in [0.1, 0.15) is 50.5 Å². The van der Waals surface area contributed by atoms with Crippen molar-refractivity contribution in [1.82, 2.24) is 0 Å². The van der Waals surface area contributed by atoms with Gasteiger partial charge >= 0.3 is 13.3 Å². The second-order valence-electron chi connectivity index (χ2n) is 6.44. The molecular formula is C15H18BF3O3. The van der Waals surface area contributed by atoms with E-state index >= 15 is 0 Å². The summed E-state index contributed by atoms with van der Waals surface area (Å²) in [4.78, 5) is 11.7. The molecule has 0 N–H and O–H groups in total. The van der Waals surface area contributed by atoms with Crippen LogP contribution in [-0.4, -0.2) is 24.1 Å². The van der Waals surface area contributed by atoms with Crippen molar-refractivity contribution in [3.8, 4) is 0 Å². The summed E-state index contributed by atoms with van der Waals surface area (Å²) in [6.07, 6.45) is -4.49. The van der Waals surface area contributed by atoms with Crippen molar-refractivity contribution < 1.29 is 27.3 Å². The highest BCUT2D eigenvalue weighted by atomic mass is 19.4. The summed E-state index contributed by atoms with van der Waals surface area (Å²) in [6, 6.07) is 3.00. The second-order valence-corrected chi connectivity index (χ2v) is 6.44. The molecule has 0 amide bonds. The number of rotatable bonds is 2. The number of alkyl halides is 3. The molecule has 1 heterocycles. The lowest BCUT2D eigenvalue weighted by molar-refractivity contribution is -0.137. The van der Waals surface area contributed by atoms with Gasteiger partial charge in [0.1, 0.15) is 0 Å². The normalized spacial score (nSPS) is 20.3. The molecule has 0 unspecified atom stereocenters. The minimum Gasteiger partial charge on any atom is -0.399 e. The van der Waals surface area contributed by atoms with E-state index in [1.165, 1.54) is 13.0 Å². The van der Waals surface area contributed by atoms with Crippen molar-refractivity contribution in [3.63, 3.8) is 0 Å². The Labute approximate surface area is 127 Å². The Kier molecular flexibility index (Phi) is 3.94. The largest absolute Gasteiger partial charge is 0.495 e. The lowest BCUT2D eigenvalue weighted by Crippen LogP contribution is -2.41. The summed E-state index contributed by atoms with van der Waals surface area (Å²) in [6.45, 7) is 8.50. The van der Waals surface area contributed by atoms with Crippen molar-refractivity contribution in [2.24, 2.45) is 0 Å². The molecule has 1 aromatic carbocycles. The van der Waals surface area contributed by atoms with Gasteiger partial charge in [-0.3, -0.25) is 4.79 Å². The van der Waals surface area contributed by atoms with Crippen LogP contribution in [-0.2, 0) is 15.5 Å². The molecule has 0 radical (unpaired) electrons. The zero-order valence-corrected chi connectivity index (χ0v) is 13.2. The first-order valence-electron chi connectivity index (χ1n) is 6.93. The van der Waals surface area contributed by atoms with Crippen LogP contribution in [0, 0.1) is 0 Å². The average molecular weight is 314 g/mol. The smallest absolute Gasteiger partial charge is 0.399 e. The van der Waals surface area contributed by atoms with Crippen LogP contribution in [0.15, 0.2) is 18.2 Å². The lowest BCUT2D eigenvalue weighted by atomic mass is 9.74. The maximum atomic E-state index is 12.9. The molecule has 0 saturated carbocycles. The number of Topliss-reactive ketones (excluding diaryl/α,β-unsaturated/α-hetero) is 1. The van der Waals surface area contributed by atoms with Crippen LogP contribution < -0.4 is 5.46 Å². The monoisotopic (exact) mass is 314 g/mol. The molecular weight excluding hydrogens is 296 g/mol. The highest BCUT2D eigenvalue weighted by molar-refractivity contribution is 6.63. The van der Waals surface area contributed by atoms with Crippen molar-refractivity contribution in [1.29, 1.82) is 0 Å². The van der Waals surface area contributed by atoms with Crippen LogP contribution in [0.2, 0.25) is 0 Å². The fourth-order valence-electron chi connectivity index (χ4n) is 2.22. The van der Waals surface area contributed by atoms with Gasteiger partial charge in [0, 0.05) is 5.56 Å². The van der Waals surface area contributed by atoms with Crippen molar-refractivity contribution in [2.45, 2.75) is 52.0 Å². The summed E-state index contributed by atoms with van der Waals surface area (Å²) in [7, 11) is -1.01. The number of benzene rings is 1. The van der Waals surface area contributed by atoms with Gasteiger partial charge in [-0.25, -0.2) is 0 Å². The molecule has 0 atom stereocenters. The van der Waals surface area contributed by atoms with Crippen molar-refractivity contribution >= 4 is 18.4 Å². The molecule has 1 aromatic rings. The van der Waals surface area contributed by atoms with Gasteiger partial charge in [-0.15, -0.1) is 0 Å². The standard InChI is InChI=1S/C15H18BF3O3/c1-9(20)11-7-6-10(15(17,18)19)8-12(11)16-21-13(2,3)14(4,5)22-16/h6-8H,1-5H3. The Morgan fingerprint density at radius 2 is 1.59 bits per heavy atom. The average Bonchev–Trinajstić information content (AvgIpc) is 2.56. The maximum absolute atomic E-state index is 12.9. The third-order valence-electron chi connectivity index (χ3n) is 4.27. The predicted molar refractivity (Wildman–Crippen MR) is 77.2 cm³/mol. The topological polar surface area (TPSA) is 35.5 Å². The van der Waals surface area contributed by atoms with Crippen LogP contribution in [0.5, 0.6) is 0 Å². The van der Waals surface area contributed by atoms with Gasteiger partial charge in [0.15, 0.2) is 5.78 Å². The quantitative estimate of drug-likeness (QED) is 0.621. The molecule has 0 aliphatic carbocycles. The van der Waals surface area contributed by atoms with Crippen LogP contribution in [0.4, 0.5) is 13.2 Å². The Morgan fingerprint density at radius 3 is 2.00 bits per heavy atom. The number of hydrogen-bond donors (Lipinski definition) is 0. The van der Waals surface area contributed by atoms with E-state index < -0.39 is 30.1 Å². The van der Waals surface area contributed by atoms with E-state index in [1.54, 1.807) is 27.7 Å². The van der Waals surface area contributed by atoms with Gasteiger partial charge in [0.25, 0.3) is 0 Å². The summed E-state index contributed by atoms with van der Waals surface area (Å²) >= 11 is 0. The zero-order chi connectivity index (χ0) is 16.9. The number of halogens is 3. The Morgan fingerprint density at radius 1 is 1.09 bits per heavy atom. The van der Waals surface area contributed by atoms with Crippen LogP contribution >= 0.6 is 0 Å². The highest BCUT2D eigenvalue weighted by Crippen LogP contribution is 2.37. The number of hydrogen-bond acceptors (Lipinski definition) is 3. The lowest BCUT2D eigenvalue weighted by Gasteiger charge is -2.32. The van der Waals surface area contributed by atoms with Gasteiger partial charge in [-0.05, 0) is 52.2 Å². The first-order valence-corrected chi connectivity index (χ1v) is 6.93. The Hall–Kier alpha value is -1.34. The van der Waals surface area contributed by atoms with Crippen molar-refractivity contribution in [3.05, 3.63) is 29.3 Å². The van der Waals surface area contributed by atoms with Crippen LogP contribution in [0.3, 0.4) is 0 Å². The van der Waals surface area contributed by atoms with E-state index in [2.05, 4.69) is 0 Å². The molecule has 1 saturated heterocycles. The van der Waals surface area contributed by atoms with E-state index in [4.69, 9.17) is 9.31 Å². The molecule has 22 heavy (non-hydrogen) atoms. The van der Waals surface area contributed by atoms with Gasteiger partial charge in [-0.2, -0.15) is 13.2 Å². The minimum absolute atomic E-state index is 0.112. The molecule has 0 bridgehead atoms. The fraction of sp³-hybridized carbons (Fsp3) is 0.533. The number of carbonyl (C=O) groups excluding carboxylic acids is 1. The SMILES string of the molecule is CC(=O)c1ccc(C(F)(F)F)cc1B1OC(C)(C)C(C)(C)O1. The van der Waals surface area contributed by atoms with Gasteiger partial charge < -0.3 is 9.31 Å². The fourth-order valence-corrected chi connectivity index (χ4v) is 2.22. The predicted octanol–water partition coefficient (Wildman–Crippen LogP) is 3.21. The maximum Gasteiger partial charge on any atom is 0.495 e. The van der Waals surface area contributed by atoms with E-state index in [0.717, 1.165) is 12.1 Å². The first-order chi connectivity index (χ1) is 9.85. The van der Waals surface area contributed by atoms with E-state index in [0.29, 0.717) is 0 Å². The third kappa shape index (κ3) is 2.92. The minimum atomic E-state index is -4.49. The van der Waals surface area contributed by atoms with Crippen molar-refractivity contribution in [2.75, 3.05) is 0 Å². The second kappa shape index (κ2) is 5.10. The molecule has 1 aliphatic rings. The molecule has 0 aromatic heterocycles. The molecule has 7 heteroatoms. The summed E-state index contributed by atoms with van der Waals surface area (Å²) in [5.74, 6) is -0.335. The number of ketones is 1. The van der Waals surface area contributed by atoms with E-state index in [1.807, 2.05) is 0 Å². The summed E-state index contributed by atoms with van der Waals surface area (Å²) in [5, 5.41) is 0. The summed E-state index contributed by atoms with van der Waals surface area (Å²) in [5.41, 5.74) is -1.94. The molecule has 1 aliphatic heterocycles. The van der Waals surface area contributed by atoms with Gasteiger partial charge in [-0.1, -0.05) is 6.07 Å². The molecule has 1 fully saturated rings. The molecule has 120 valence electrons. The molecule has 0 spiro atoms. The first kappa shape index (κ1) is 17.0. The summed E-state index contributed by atoms with van der Waals surface area (Å²) < 4.78 is 50.3. The Bertz CT molecular complexity index is 593. The van der Waals surface area contributed by atoms with E-state index in [-0.39, 0.29) is 16.8 Å². The third-order valence-corrected chi connectivity index (χ3v) is 4.27. The zero-order valence-electron chi connectivity index (χ0n) is 13.2. The molecule has 3 nitrogen and oxygen atoms in total. The van der Waals surface area contributed by atoms with E-state index in [9.17, 15) is 18.0 Å². The molecule has 2 rings (SSSR count). The highest BCUT2D eigenvalue weighted by Gasteiger charge is 2.52. The van der Waals surface area contributed by atoms with Crippen LogP contribution in [0.25, 0.3) is 0 Å². The number of carbonyl (C=O) groups is 1. The van der Waals surface area contributed by atoms with Gasteiger partial charge in [0.2, 0.25) is 0 Å². The Balaban J connectivity index is 2.52. The van der Waals surface area contributed by atoms with Gasteiger partial charge in [0.05, 0.1) is 16.8 Å².